The van der Waals surface area contributed by atoms with E-state index in [-0.39, 0.29) is 22.7 Å². The molecule has 7 heteroatoms. The van der Waals surface area contributed by atoms with Gasteiger partial charge in [-0.15, -0.1) is 11.3 Å². The van der Waals surface area contributed by atoms with E-state index in [4.69, 9.17) is 0 Å². The quantitative estimate of drug-likeness (QED) is 0.818. The summed E-state index contributed by atoms with van der Waals surface area (Å²) in [6.45, 7) is 3.37. The van der Waals surface area contributed by atoms with Crippen molar-refractivity contribution in [1.29, 1.82) is 0 Å². The number of benzene rings is 1. The van der Waals surface area contributed by atoms with E-state index in [0.717, 1.165) is 36.6 Å². The summed E-state index contributed by atoms with van der Waals surface area (Å²) < 4.78 is 38.7. The van der Waals surface area contributed by atoms with Gasteiger partial charge < -0.3 is 5.32 Å². The molecule has 1 aromatic heterocycles. The Kier molecular flexibility index (Phi) is 5.31. The highest BCUT2D eigenvalue weighted by atomic mass is 32.2. The highest BCUT2D eigenvalue weighted by Crippen LogP contribution is 2.43. The molecular formula is C16H17F3N2S2. The molecule has 2 nitrogen and oxygen atoms in total. The Morgan fingerprint density at radius 3 is 2.48 bits per heavy atom. The highest BCUT2D eigenvalue weighted by molar-refractivity contribution is 8.00. The van der Waals surface area contributed by atoms with Crippen molar-refractivity contribution in [3.05, 3.63) is 52.2 Å². The molecule has 0 amide bonds. The molecule has 2 aromatic rings. The molecule has 124 valence electrons. The van der Waals surface area contributed by atoms with Crippen LogP contribution in [0.2, 0.25) is 0 Å². The van der Waals surface area contributed by atoms with E-state index in [9.17, 15) is 13.2 Å². The average molecular weight is 358 g/mol. The van der Waals surface area contributed by atoms with Crippen molar-refractivity contribution in [2.45, 2.75) is 16.4 Å². The monoisotopic (exact) mass is 358 g/mol. The van der Waals surface area contributed by atoms with Gasteiger partial charge in [0.15, 0.2) is 0 Å². The summed E-state index contributed by atoms with van der Waals surface area (Å²) >= 11 is 1.57. The van der Waals surface area contributed by atoms with Gasteiger partial charge in [-0.2, -0.15) is 13.2 Å². The lowest BCUT2D eigenvalue weighted by Crippen LogP contribution is -2.45. The molecule has 1 aliphatic heterocycles. The van der Waals surface area contributed by atoms with Crippen molar-refractivity contribution in [3.8, 4) is 0 Å². The smallest absolute Gasteiger partial charge is 0.314 e. The molecule has 0 aliphatic carbocycles. The van der Waals surface area contributed by atoms with Gasteiger partial charge >= 0.3 is 5.51 Å². The van der Waals surface area contributed by atoms with Gasteiger partial charge in [-0.3, -0.25) is 4.90 Å². The minimum atomic E-state index is -4.28. The number of piperazine rings is 1. The zero-order chi connectivity index (χ0) is 16.3. The Labute approximate surface area is 141 Å². The number of thioether (sulfide) groups is 1. The number of alkyl halides is 3. The third-order valence-corrected chi connectivity index (χ3v) is 5.52. The van der Waals surface area contributed by atoms with Gasteiger partial charge in [-0.05, 0) is 34.8 Å². The van der Waals surface area contributed by atoms with E-state index in [1.165, 1.54) is 0 Å². The van der Waals surface area contributed by atoms with Crippen LogP contribution in [0.15, 0.2) is 46.7 Å². The lowest BCUT2D eigenvalue weighted by Gasteiger charge is -2.35. The van der Waals surface area contributed by atoms with Crippen LogP contribution in [0.5, 0.6) is 0 Å². The maximum absolute atomic E-state index is 12.9. The molecule has 1 atom stereocenters. The lowest BCUT2D eigenvalue weighted by molar-refractivity contribution is -0.0328. The Bertz CT molecular complexity index is 623. The summed E-state index contributed by atoms with van der Waals surface area (Å²) in [5.41, 5.74) is -3.54. The van der Waals surface area contributed by atoms with Crippen molar-refractivity contribution in [3.63, 3.8) is 0 Å². The average Bonchev–Trinajstić information content (AvgIpc) is 3.03. The van der Waals surface area contributed by atoms with Crippen molar-refractivity contribution in [2.75, 3.05) is 26.2 Å². The zero-order valence-electron chi connectivity index (χ0n) is 12.3. The predicted molar refractivity (Wildman–Crippen MR) is 89.0 cm³/mol. The van der Waals surface area contributed by atoms with Gasteiger partial charge in [0.2, 0.25) is 0 Å². The Morgan fingerprint density at radius 2 is 1.83 bits per heavy atom. The first kappa shape index (κ1) is 16.8. The number of thiophene rings is 1. The molecule has 0 bridgehead atoms. The van der Waals surface area contributed by atoms with Crippen LogP contribution < -0.4 is 5.32 Å². The molecule has 23 heavy (non-hydrogen) atoms. The number of halogens is 3. The predicted octanol–water partition coefficient (Wildman–Crippen LogP) is 4.35. The van der Waals surface area contributed by atoms with Crippen LogP contribution in [0, 0.1) is 0 Å². The number of hydrogen-bond donors (Lipinski definition) is 1. The largest absolute Gasteiger partial charge is 0.446 e. The Hall–Kier alpha value is -1.02. The summed E-state index contributed by atoms with van der Waals surface area (Å²) in [6, 6.07) is 10.7. The Balaban J connectivity index is 2.00. The third kappa shape index (κ3) is 4.29. The van der Waals surface area contributed by atoms with E-state index < -0.39 is 5.51 Å². The topological polar surface area (TPSA) is 15.3 Å². The SMILES string of the molecule is FC(F)(F)Sc1ccccc1[C@H](c1cccs1)N1CCNCC1. The standard InChI is InChI=1S/C16H17F3N2S2/c17-16(18,19)23-13-5-2-1-4-12(13)15(14-6-3-11-22-14)21-9-7-20-8-10-21/h1-6,11,15,20H,7-10H2/t15-/m1/s1. The molecule has 1 fully saturated rings. The van der Waals surface area contributed by atoms with Gasteiger partial charge in [0.1, 0.15) is 0 Å². The molecule has 0 radical (unpaired) electrons. The van der Waals surface area contributed by atoms with Crippen LogP contribution in [0.3, 0.4) is 0 Å². The van der Waals surface area contributed by atoms with Crippen molar-refractivity contribution in [1.82, 2.24) is 10.2 Å². The summed E-state index contributed by atoms with van der Waals surface area (Å²) in [4.78, 5) is 3.64. The summed E-state index contributed by atoms with van der Waals surface area (Å²) in [6.07, 6.45) is 0. The first-order chi connectivity index (χ1) is 11.0. The summed E-state index contributed by atoms with van der Waals surface area (Å²) in [5.74, 6) is 0. The third-order valence-electron chi connectivity index (χ3n) is 3.77. The molecule has 2 heterocycles. The van der Waals surface area contributed by atoms with Crippen LogP contribution in [-0.4, -0.2) is 36.6 Å². The Morgan fingerprint density at radius 1 is 1.09 bits per heavy atom. The van der Waals surface area contributed by atoms with E-state index in [1.54, 1.807) is 23.5 Å². The highest BCUT2D eigenvalue weighted by Gasteiger charge is 2.33. The van der Waals surface area contributed by atoms with Gasteiger partial charge in [0, 0.05) is 36.0 Å². The van der Waals surface area contributed by atoms with Gasteiger partial charge in [0.05, 0.1) is 6.04 Å². The minimum absolute atomic E-state index is 0.0207. The number of hydrogen-bond acceptors (Lipinski definition) is 4. The second-order valence-corrected chi connectivity index (χ2v) is 7.38. The van der Waals surface area contributed by atoms with E-state index in [0.29, 0.717) is 0 Å². The molecule has 0 spiro atoms. The van der Waals surface area contributed by atoms with Crippen LogP contribution in [0.1, 0.15) is 16.5 Å². The molecular weight excluding hydrogens is 341 g/mol. The van der Waals surface area contributed by atoms with Gasteiger partial charge in [0.25, 0.3) is 0 Å². The fourth-order valence-corrected chi connectivity index (χ4v) is 4.41. The molecule has 1 N–H and O–H groups in total. The number of nitrogens with one attached hydrogen (secondary N) is 1. The molecule has 1 saturated heterocycles. The fourth-order valence-electron chi connectivity index (χ4n) is 2.84. The number of nitrogens with zero attached hydrogens (tertiary/aromatic N) is 1. The normalized spacial score (nSPS) is 18.0. The first-order valence-electron chi connectivity index (χ1n) is 7.37. The van der Waals surface area contributed by atoms with Crippen LogP contribution in [-0.2, 0) is 0 Å². The molecule has 0 saturated carbocycles. The fraction of sp³-hybridized carbons (Fsp3) is 0.375. The van der Waals surface area contributed by atoms with Crippen molar-refractivity contribution >= 4 is 23.1 Å². The van der Waals surface area contributed by atoms with Crippen molar-refractivity contribution < 1.29 is 13.2 Å². The van der Waals surface area contributed by atoms with E-state index in [1.807, 2.05) is 29.6 Å². The van der Waals surface area contributed by atoms with Crippen molar-refractivity contribution in [2.24, 2.45) is 0 Å². The van der Waals surface area contributed by atoms with Crippen LogP contribution in [0.25, 0.3) is 0 Å². The maximum Gasteiger partial charge on any atom is 0.446 e. The minimum Gasteiger partial charge on any atom is -0.314 e. The number of rotatable bonds is 4. The first-order valence-corrected chi connectivity index (χ1v) is 9.07. The molecule has 0 unspecified atom stereocenters. The zero-order valence-corrected chi connectivity index (χ0v) is 14.0. The molecule has 1 aliphatic rings. The lowest BCUT2D eigenvalue weighted by atomic mass is 10.0. The summed E-state index contributed by atoms with van der Waals surface area (Å²) in [7, 11) is 0. The van der Waals surface area contributed by atoms with Gasteiger partial charge in [-0.25, -0.2) is 0 Å². The van der Waals surface area contributed by atoms with Crippen LogP contribution >= 0.6 is 23.1 Å². The summed E-state index contributed by atoms with van der Waals surface area (Å²) in [5, 5.41) is 5.27. The molecule has 1 aromatic carbocycles. The van der Waals surface area contributed by atoms with Gasteiger partial charge in [-0.1, -0.05) is 24.3 Å². The van der Waals surface area contributed by atoms with E-state index in [2.05, 4.69) is 10.2 Å². The second-order valence-electron chi connectivity index (χ2n) is 5.29. The maximum atomic E-state index is 12.9. The molecule has 3 rings (SSSR count). The van der Waals surface area contributed by atoms with Crippen LogP contribution in [0.4, 0.5) is 13.2 Å². The second kappa shape index (κ2) is 7.25. The van der Waals surface area contributed by atoms with E-state index >= 15 is 0 Å².